The number of hydrogen-bond acceptors (Lipinski definition) is 3. The number of hydrogen-bond donors (Lipinski definition) is 1. The minimum Gasteiger partial charge on any atom is -0.492 e. The molecule has 0 aliphatic carbocycles. The lowest BCUT2D eigenvalue weighted by Gasteiger charge is -2.29. The molecule has 5 nitrogen and oxygen atoms in total. The molecule has 1 aliphatic heterocycles. The summed E-state index contributed by atoms with van der Waals surface area (Å²) in [5.41, 5.74) is 0. The second kappa shape index (κ2) is 12.4. The van der Waals surface area contributed by atoms with Crippen LogP contribution in [0.3, 0.4) is 0 Å². The van der Waals surface area contributed by atoms with E-state index in [1.54, 1.807) is 0 Å². The van der Waals surface area contributed by atoms with Crippen molar-refractivity contribution in [3.8, 4) is 5.75 Å². The Morgan fingerprint density at radius 2 is 1.96 bits per heavy atom. The van der Waals surface area contributed by atoms with Gasteiger partial charge in [0.1, 0.15) is 12.4 Å². The second-order valence-corrected chi connectivity index (χ2v) is 6.59. The maximum Gasteiger partial charge on any atom is 0.193 e. The Hall–Kier alpha value is -1.02. The van der Waals surface area contributed by atoms with Gasteiger partial charge >= 0.3 is 0 Å². The molecule has 0 radical (unpaired) electrons. The highest BCUT2D eigenvalue weighted by Crippen LogP contribution is 2.18. The van der Waals surface area contributed by atoms with E-state index in [9.17, 15) is 0 Å². The highest BCUT2D eigenvalue weighted by molar-refractivity contribution is 14.0. The number of benzene rings is 1. The molecular weight excluding hydrogens is 427 g/mol. The molecular formula is C19H33IN4O. The zero-order chi connectivity index (χ0) is 17.2. The number of likely N-dealkylation sites (N-methyl/N-ethyl adjacent to an activating group) is 1. The van der Waals surface area contributed by atoms with Gasteiger partial charge in [0.05, 0.1) is 6.54 Å². The summed E-state index contributed by atoms with van der Waals surface area (Å²) in [5, 5.41) is 3.48. The summed E-state index contributed by atoms with van der Waals surface area (Å²) in [6.45, 7) is 4.91. The Balaban J connectivity index is 0.00000312. The van der Waals surface area contributed by atoms with Crippen molar-refractivity contribution in [2.24, 2.45) is 10.9 Å². The van der Waals surface area contributed by atoms with Crippen molar-refractivity contribution in [2.45, 2.75) is 19.3 Å². The number of ether oxygens (including phenoxy) is 1. The molecule has 1 aromatic carbocycles. The first kappa shape index (κ1) is 22.0. The molecule has 1 fully saturated rings. The highest BCUT2D eigenvalue weighted by atomic mass is 127. The lowest BCUT2D eigenvalue weighted by Crippen LogP contribution is -2.42. The van der Waals surface area contributed by atoms with Crippen LogP contribution < -0.4 is 10.1 Å². The fraction of sp³-hybridized carbons (Fsp3) is 0.632. The fourth-order valence-electron chi connectivity index (χ4n) is 3.05. The minimum atomic E-state index is 0. The van der Waals surface area contributed by atoms with Crippen LogP contribution in [0, 0.1) is 5.92 Å². The summed E-state index contributed by atoms with van der Waals surface area (Å²) in [4.78, 5) is 8.92. The first-order valence-electron chi connectivity index (χ1n) is 8.97. The van der Waals surface area contributed by atoms with E-state index in [1.807, 2.05) is 37.4 Å². The van der Waals surface area contributed by atoms with Crippen molar-refractivity contribution in [1.29, 1.82) is 0 Å². The molecule has 2 rings (SSSR count). The molecule has 0 atom stereocenters. The molecule has 0 unspecified atom stereocenters. The number of rotatable bonds is 7. The van der Waals surface area contributed by atoms with Crippen LogP contribution in [0.5, 0.6) is 5.75 Å². The standard InChI is InChI=1S/C19H32N4O.HI/c1-20-19(21-12-9-17-10-13-22(2)14-11-17)23(3)15-16-24-18-7-5-4-6-8-18;/h4-8,17H,9-16H2,1-3H3,(H,20,21);1H. The van der Waals surface area contributed by atoms with Crippen molar-refractivity contribution >= 4 is 29.9 Å². The smallest absolute Gasteiger partial charge is 0.193 e. The summed E-state index contributed by atoms with van der Waals surface area (Å²) in [7, 11) is 6.11. The van der Waals surface area contributed by atoms with Crippen LogP contribution in [0.25, 0.3) is 0 Å². The Bertz CT molecular complexity index is 489. The number of aliphatic imine (C=N–C) groups is 1. The molecule has 6 heteroatoms. The van der Waals surface area contributed by atoms with Crippen LogP contribution in [0.4, 0.5) is 0 Å². The lowest BCUT2D eigenvalue weighted by molar-refractivity contribution is 0.212. The van der Waals surface area contributed by atoms with Gasteiger partial charge in [-0.25, -0.2) is 0 Å². The Labute approximate surface area is 169 Å². The van der Waals surface area contributed by atoms with E-state index in [0.717, 1.165) is 30.7 Å². The fourth-order valence-corrected chi connectivity index (χ4v) is 3.05. The quantitative estimate of drug-likeness (QED) is 0.386. The van der Waals surface area contributed by atoms with Crippen LogP contribution in [0.1, 0.15) is 19.3 Å². The number of halogens is 1. The zero-order valence-electron chi connectivity index (χ0n) is 15.8. The molecule has 0 amide bonds. The molecule has 1 aliphatic rings. The largest absolute Gasteiger partial charge is 0.492 e. The molecule has 1 heterocycles. The third-order valence-corrected chi connectivity index (χ3v) is 4.69. The van der Waals surface area contributed by atoms with Crippen molar-refractivity contribution in [2.75, 3.05) is 53.9 Å². The lowest BCUT2D eigenvalue weighted by atomic mass is 9.94. The Morgan fingerprint density at radius 1 is 1.28 bits per heavy atom. The van der Waals surface area contributed by atoms with Gasteiger partial charge in [0.15, 0.2) is 5.96 Å². The van der Waals surface area contributed by atoms with E-state index in [1.165, 1.54) is 32.4 Å². The van der Waals surface area contributed by atoms with Gasteiger partial charge in [-0.2, -0.15) is 0 Å². The van der Waals surface area contributed by atoms with Crippen LogP contribution in [0.15, 0.2) is 35.3 Å². The molecule has 0 bridgehead atoms. The topological polar surface area (TPSA) is 40.1 Å². The number of piperidine rings is 1. The molecule has 0 aromatic heterocycles. The average molecular weight is 460 g/mol. The highest BCUT2D eigenvalue weighted by Gasteiger charge is 2.16. The number of guanidine groups is 1. The van der Waals surface area contributed by atoms with Gasteiger partial charge in [-0.05, 0) is 57.5 Å². The van der Waals surface area contributed by atoms with Gasteiger partial charge < -0.3 is 19.9 Å². The van der Waals surface area contributed by atoms with Crippen molar-refractivity contribution < 1.29 is 4.74 Å². The van der Waals surface area contributed by atoms with Crippen LogP contribution in [-0.4, -0.2) is 69.7 Å². The monoisotopic (exact) mass is 460 g/mol. The predicted octanol–water partition coefficient (Wildman–Crippen LogP) is 2.92. The first-order valence-corrected chi connectivity index (χ1v) is 8.97. The van der Waals surface area contributed by atoms with E-state index in [0.29, 0.717) is 6.61 Å². The summed E-state index contributed by atoms with van der Waals surface area (Å²) in [6.07, 6.45) is 3.86. The van der Waals surface area contributed by atoms with Gasteiger partial charge in [0.25, 0.3) is 0 Å². The van der Waals surface area contributed by atoms with E-state index >= 15 is 0 Å². The molecule has 25 heavy (non-hydrogen) atoms. The zero-order valence-corrected chi connectivity index (χ0v) is 18.1. The molecule has 0 spiro atoms. The van der Waals surface area contributed by atoms with E-state index in [-0.39, 0.29) is 24.0 Å². The minimum absolute atomic E-state index is 0. The number of nitrogens with zero attached hydrogens (tertiary/aromatic N) is 3. The van der Waals surface area contributed by atoms with Gasteiger partial charge in [-0.1, -0.05) is 18.2 Å². The number of likely N-dealkylation sites (tertiary alicyclic amines) is 1. The third-order valence-electron chi connectivity index (χ3n) is 4.69. The van der Waals surface area contributed by atoms with E-state index < -0.39 is 0 Å². The summed E-state index contributed by atoms with van der Waals surface area (Å²) >= 11 is 0. The normalized spacial score (nSPS) is 16.2. The van der Waals surface area contributed by atoms with Gasteiger partial charge in [-0.3, -0.25) is 4.99 Å². The predicted molar refractivity (Wildman–Crippen MR) is 116 cm³/mol. The van der Waals surface area contributed by atoms with Crippen LogP contribution >= 0.6 is 24.0 Å². The average Bonchev–Trinajstić information content (AvgIpc) is 2.61. The van der Waals surface area contributed by atoms with Gasteiger partial charge in [0, 0.05) is 20.6 Å². The third kappa shape index (κ3) is 8.27. The molecule has 1 saturated heterocycles. The molecule has 142 valence electrons. The van der Waals surface area contributed by atoms with E-state index in [2.05, 4.69) is 34.2 Å². The first-order chi connectivity index (χ1) is 11.7. The Kier molecular flexibility index (Phi) is 10.9. The number of para-hydroxylation sites is 1. The maximum absolute atomic E-state index is 5.75. The van der Waals surface area contributed by atoms with Gasteiger partial charge in [-0.15, -0.1) is 24.0 Å². The summed E-state index contributed by atoms with van der Waals surface area (Å²) in [5.74, 6) is 2.70. The van der Waals surface area contributed by atoms with Crippen LogP contribution in [0.2, 0.25) is 0 Å². The molecule has 1 aromatic rings. The summed E-state index contributed by atoms with van der Waals surface area (Å²) < 4.78 is 5.75. The second-order valence-electron chi connectivity index (χ2n) is 6.59. The van der Waals surface area contributed by atoms with Crippen LogP contribution in [-0.2, 0) is 0 Å². The molecule has 1 N–H and O–H groups in total. The molecule has 0 saturated carbocycles. The van der Waals surface area contributed by atoms with Crippen molar-refractivity contribution in [1.82, 2.24) is 15.1 Å². The SMILES string of the molecule is CN=C(NCCC1CCN(C)CC1)N(C)CCOc1ccccc1.I. The van der Waals surface area contributed by atoms with E-state index in [4.69, 9.17) is 4.74 Å². The van der Waals surface area contributed by atoms with Crippen molar-refractivity contribution in [3.05, 3.63) is 30.3 Å². The summed E-state index contributed by atoms with van der Waals surface area (Å²) in [6, 6.07) is 9.93. The van der Waals surface area contributed by atoms with Crippen molar-refractivity contribution in [3.63, 3.8) is 0 Å². The Morgan fingerprint density at radius 3 is 2.60 bits per heavy atom. The van der Waals surface area contributed by atoms with Gasteiger partial charge in [0.2, 0.25) is 0 Å². The number of nitrogens with one attached hydrogen (secondary N) is 1. The maximum atomic E-state index is 5.75.